The van der Waals surface area contributed by atoms with Gasteiger partial charge in [-0.25, -0.2) is 0 Å². The van der Waals surface area contributed by atoms with Crippen LogP contribution in [0.5, 0.6) is 0 Å². The predicted molar refractivity (Wildman–Crippen MR) is 104 cm³/mol. The average Bonchev–Trinajstić information content (AvgIpc) is 3.30. The molecule has 1 aromatic rings. The van der Waals surface area contributed by atoms with Crippen LogP contribution in [0, 0.1) is 23.7 Å². The molecule has 27 heavy (non-hydrogen) atoms. The van der Waals surface area contributed by atoms with Crippen LogP contribution in [0.3, 0.4) is 0 Å². The van der Waals surface area contributed by atoms with Crippen molar-refractivity contribution in [3.05, 3.63) is 42.0 Å². The van der Waals surface area contributed by atoms with Crippen molar-refractivity contribution >= 4 is 18.0 Å². The highest BCUT2D eigenvalue weighted by Gasteiger charge is 2.54. The van der Waals surface area contributed by atoms with Gasteiger partial charge in [0.25, 0.3) is 0 Å². The van der Waals surface area contributed by atoms with Gasteiger partial charge in [0, 0.05) is 32.7 Å². The van der Waals surface area contributed by atoms with Crippen molar-refractivity contribution in [2.24, 2.45) is 23.7 Å². The number of amides is 1. The molecule has 1 aromatic carbocycles. The van der Waals surface area contributed by atoms with E-state index in [1.54, 1.807) is 0 Å². The number of hydrogen-bond donors (Lipinski definition) is 1. The third kappa shape index (κ3) is 3.79. The Morgan fingerprint density at radius 1 is 1.00 bits per heavy atom. The van der Waals surface area contributed by atoms with Crippen LogP contribution in [0.15, 0.2) is 36.4 Å². The Labute approximate surface area is 160 Å². The molecule has 144 valence electrons. The van der Waals surface area contributed by atoms with E-state index in [0.717, 1.165) is 38.9 Å². The average molecular weight is 368 g/mol. The maximum atomic E-state index is 13.0. The zero-order valence-corrected chi connectivity index (χ0v) is 15.7. The molecule has 1 amide bonds. The highest BCUT2D eigenvalue weighted by Crippen LogP contribution is 2.53. The van der Waals surface area contributed by atoms with Crippen molar-refractivity contribution in [3.63, 3.8) is 0 Å². The zero-order valence-electron chi connectivity index (χ0n) is 15.7. The maximum Gasteiger partial charge on any atom is 0.307 e. The minimum Gasteiger partial charge on any atom is -0.481 e. The van der Waals surface area contributed by atoms with Gasteiger partial charge in [0.2, 0.25) is 5.91 Å². The Kier molecular flexibility index (Phi) is 5.30. The van der Waals surface area contributed by atoms with E-state index in [1.165, 1.54) is 5.56 Å². The van der Waals surface area contributed by atoms with E-state index < -0.39 is 11.9 Å². The standard InChI is InChI=1S/C22H28N2O3/c25-21(19-17-8-9-18(15-17)20(19)22(26)27)24-13-11-23(12-14-24)10-4-7-16-5-2-1-3-6-16/h1-7,17-20H,8-15H2,(H,26,27)/b7-4+/t17-,18+,19-,20-/m0/s1. The molecule has 1 saturated heterocycles. The lowest BCUT2D eigenvalue weighted by Crippen LogP contribution is -2.52. The number of benzene rings is 1. The lowest BCUT2D eigenvalue weighted by molar-refractivity contribution is -0.153. The van der Waals surface area contributed by atoms with Crippen molar-refractivity contribution < 1.29 is 14.7 Å². The summed E-state index contributed by atoms with van der Waals surface area (Å²) in [6.45, 7) is 3.99. The van der Waals surface area contributed by atoms with Gasteiger partial charge in [-0.1, -0.05) is 42.5 Å². The minimum atomic E-state index is -0.773. The van der Waals surface area contributed by atoms with Crippen LogP contribution in [0.1, 0.15) is 24.8 Å². The summed E-state index contributed by atoms with van der Waals surface area (Å²) in [5.74, 6) is -0.922. The molecule has 4 atom stereocenters. The lowest BCUT2D eigenvalue weighted by Gasteiger charge is -2.38. The molecular formula is C22H28N2O3. The first-order valence-corrected chi connectivity index (χ1v) is 10.1. The van der Waals surface area contributed by atoms with Gasteiger partial charge >= 0.3 is 5.97 Å². The van der Waals surface area contributed by atoms with Gasteiger partial charge in [0.1, 0.15) is 0 Å². The number of carbonyl (C=O) groups is 2. The molecule has 0 radical (unpaired) electrons. The summed E-state index contributed by atoms with van der Waals surface area (Å²) in [5, 5.41) is 9.60. The molecule has 1 aliphatic heterocycles. The second-order valence-corrected chi connectivity index (χ2v) is 8.16. The summed E-state index contributed by atoms with van der Waals surface area (Å²) in [4.78, 5) is 29.0. The van der Waals surface area contributed by atoms with Gasteiger partial charge in [-0.2, -0.15) is 0 Å². The second-order valence-electron chi connectivity index (χ2n) is 8.16. The molecule has 0 spiro atoms. The number of piperazine rings is 1. The normalized spacial score (nSPS) is 30.9. The van der Waals surface area contributed by atoms with Crippen LogP contribution in [0.25, 0.3) is 6.08 Å². The summed E-state index contributed by atoms with van der Waals surface area (Å²) in [6, 6.07) is 10.2. The highest BCUT2D eigenvalue weighted by molar-refractivity contribution is 5.86. The van der Waals surface area contributed by atoms with Crippen LogP contribution in [0.2, 0.25) is 0 Å². The number of carboxylic acid groups (broad SMARTS) is 1. The summed E-state index contributed by atoms with van der Waals surface area (Å²) in [7, 11) is 0. The van der Waals surface area contributed by atoms with Gasteiger partial charge in [-0.3, -0.25) is 14.5 Å². The number of fused-ring (bicyclic) bond motifs is 2. The molecule has 1 heterocycles. The van der Waals surface area contributed by atoms with Crippen molar-refractivity contribution in [2.75, 3.05) is 32.7 Å². The summed E-state index contributed by atoms with van der Waals surface area (Å²) < 4.78 is 0. The zero-order chi connectivity index (χ0) is 18.8. The van der Waals surface area contributed by atoms with Gasteiger partial charge in [0.05, 0.1) is 11.8 Å². The molecule has 0 unspecified atom stereocenters. The SMILES string of the molecule is O=C(O)[C@H]1[C@@H]2CC[C@@H](C2)[C@@H]1C(=O)N1CCN(C/C=C/c2ccccc2)CC1. The van der Waals surface area contributed by atoms with E-state index in [1.807, 2.05) is 23.1 Å². The van der Waals surface area contributed by atoms with Gasteiger partial charge in [-0.15, -0.1) is 0 Å². The van der Waals surface area contributed by atoms with Crippen LogP contribution in [0.4, 0.5) is 0 Å². The molecule has 2 saturated carbocycles. The van der Waals surface area contributed by atoms with E-state index in [2.05, 4.69) is 29.2 Å². The van der Waals surface area contributed by atoms with Gasteiger partial charge < -0.3 is 10.0 Å². The van der Waals surface area contributed by atoms with Gasteiger partial charge in [-0.05, 0) is 36.7 Å². The Balaban J connectivity index is 1.29. The maximum absolute atomic E-state index is 13.0. The first-order valence-electron chi connectivity index (χ1n) is 10.1. The molecule has 2 bridgehead atoms. The Bertz CT molecular complexity index is 710. The lowest BCUT2D eigenvalue weighted by atomic mass is 9.78. The van der Waals surface area contributed by atoms with Crippen LogP contribution < -0.4 is 0 Å². The molecule has 1 N–H and O–H groups in total. The van der Waals surface area contributed by atoms with E-state index in [0.29, 0.717) is 13.1 Å². The van der Waals surface area contributed by atoms with Gasteiger partial charge in [0.15, 0.2) is 0 Å². The van der Waals surface area contributed by atoms with E-state index in [-0.39, 0.29) is 23.7 Å². The van der Waals surface area contributed by atoms with Crippen molar-refractivity contribution in [1.82, 2.24) is 9.80 Å². The third-order valence-electron chi connectivity index (χ3n) is 6.64. The fraction of sp³-hybridized carbons (Fsp3) is 0.545. The number of nitrogens with zero attached hydrogens (tertiary/aromatic N) is 2. The molecule has 5 heteroatoms. The summed E-state index contributed by atoms with van der Waals surface area (Å²) in [6.07, 6.45) is 7.23. The summed E-state index contributed by atoms with van der Waals surface area (Å²) in [5.41, 5.74) is 1.20. The minimum absolute atomic E-state index is 0.0917. The van der Waals surface area contributed by atoms with E-state index in [4.69, 9.17) is 0 Å². The number of carboxylic acids is 1. The van der Waals surface area contributed by atoms with Crippen LogP contribution in [-0.2, 0) is 9.59 Å². The third-order valence-corrected chi connectivity index (χ3v) is 6.64. The Morgan fingerprint density at radius 2 is 1.67 bits per heavy atom. The molecule has 3 aliphatic rings. The fourth-order valence-corrected chi connectivity index (χ4v) is 5.27. The summed E-state index contributed by atoms with van der Waals surface area (Å²) >= 11 is 0. The highest BCUT2D eigenvalue weighted by atomic mass is 16.4. The monoisotopic (exact) mass is 368 g/mol. The number of rotatable bonds is 5. The topological polar surface area (TPSA) is 60.9 Å². The van der Waals surface area contributed by atoms with Crippen molar-refractivity contribution in [1.29, 1.82) is 0 Å². The number of aliphatic carboxylic acids is 1. The largest absolute Gasteiger partial charge is 0.481 e. The molecule has 2 aliphatic carbocycles. The molecule has 3 fully saturated rings. The van der Waals surface area contributed by atoms with E-state index >= 15 is 0 Å². The quantitative estimate of drug-likeness (QED) is 0.868. The van der Waals surface area contributed by atoms with Crippen molar-refractivity contribution in [3.8, 4) is 0 Å². The predicted octanol–water partition coefficient (Wildman–Crippen LogP) is 2.59. The Hall–Kier alpha value is -2.14. The molecular weight excluding hydrogens is 340 g/mol. The second kappa shape index (κ2) is 7.85. The van der Waals surface area contributed by atoms with Crippen LogP contribution >= 0.6 is 0 Å². The smallest absolute Gasteiger partial charge is 0.307 e. The number of carbonyl (C=O) groups excluding carboxylic acids is 1. The van der Waals surface area contributed by atoms with E-state index in [9.17, 15) is 14.7 Å². The van der Waals surface area contributed by atoms with Crippen LogP contribution in [-0.4, -0.2) is 59.5 Å². The first kappa shape index (κ1) is 18.2. The first-order chi connectivity index (χ1) is 13.1. The Morgan fingerprint density at radius 3 is 2.33 bits per heavy atom. The molecule has 0 aromatic heterocycles. The van der Waals surface area contributed by atoms with Crippen molar-refractivity contribution in [2.45, 2.75) is 19.3 Å². The fourth-order valence-electron chi connectivity index (χ4n) is 5.27. The number of hydrogen-bond acceptors (Lipinski definition) is 3. The molecule has 4 rings (SSSR count). The molecule has 5 nitrogen and oxygen atoms in total.